The van der Waals surface area contributed by atoms with Crippen LogP contribution in [0.5, 0.6) is 0 Å². The smallest absolute Gasteiger partial charge is 0.305 e. The number of hydrogen-bond acceptors (Lipinski definition) is 5. The molecule has 0 saturated heterocycles. The molecule has 0 heterocycles. The van der Waals surface area contributed by atoms with Crippen molar-refractivity contribution in [1.82, 2.24) is 4.72 Å². The van der Waals surface area contributed by atoms with Gasteiger partial charge in [-0.1, -0.05) is 0 Å². The van der Waals surface area contributed by atoms with Crippen molar-refractivity contribution in [3.8, 4) is 0 Å². The Morgan fingerprint density at radius 2 is 2.13 bits per heavy atom. The number of ether oxygens (including phenoxy) is 1. The van der Waals surface area contributed by atoms with E-state index in [1.165, 1.54) is 7.11 Å². The molecule has 0 spiro atoms. The van der Waals surface area contributed by atoms with Crippen molar-refractivity contribution in [3.05, 3.63) is 0 Å². The second-order valence-electron chi connectivity index (χ2n) is 3.25. The maximum absolute atomic E-state index is 11.4. The summed E-state index contributed by atoms with van der Waals surface area (Å²) in [5.74, 6) is -0.496. The average Bonchev–Trinajstić information content (AvgIpc) is 2.16. The Balaban J connectivity index is 3.90. The molecule has 0 aromatic heterocycles. The van der Waals surface area contributed by atoms with Crippen molar-refractivity contribution < 1.29 is 17.9 Å². The zero-order chi connectivity index (χ0) is 11.9. The normalized spacial score (nSPS) is 13.5. The van der Waals surface area contributed by atoms with Gasteiger partial charge in [-0.05, 0) is 13.3 Å². The maximum Gasteiger partial charge on any atom is 0.305 e. The molecule has 0 bridgehead atoms. The van der Waals surface area contributed by atoms with Gasteiger partial charge in [-0.2, -0.15) is 0 Å². The highest BCUT2D eigenvalue weighted by Crippen LogP contribution is 1.97. The molecular formula is C8H18N2O4S. The molecule has 0 amide bonds. The average molecular weight is 238 g/mol. The molecule has 6 nitrogen and oxygen atoms in total. The molecule has 0 radical (unpaired) electrons. The van der Waals surface area contributed by atoms with Crippen LogP contribution in [0.4, 0.5) is 0 Å². The van der Waals surface area contributed by atoms with E-state index in [-0.39, 0.29) is 31.2 Å². The lowest BCUT2D eigenvalue weighted by molar-refractivity contribution is -0.140. The van der Waals surface area contributed by atoms with E-state index in [0.29, 0.717) is 0 Å². The number of esters is 1. The number of rotatable bonds is 7. The van der Waals surface area contributed by atoms with Crippen LogP contribution in [-0.2, 0) is 19.6 Å². The summed E-state index contributed by atoms with van der Waals surface area (Å²) in [4.78, 5) is 10.7. The number of hydrogen-bond donors (Lipinski definition) is 2. The van der Waals surface area contributed by atoms with Gasteiger partial charge in [-0.25, -0.2) is 13.1 Å². The van der Waals surface area contributed by atoms with E-state index in [9.17, 15) is 13.2 Å². The molecular weight excluding hydrogens is 220 g/mol. The third-order valence-electron chi connectivity index (χ3n) is 1.76. The molecule has 0 aromatic carbocycles. The minimum absolute atomic E-state index is 0.0908. The van der Waals surface area contributed by atoms with E-state index < -0.39 is 16.0 Å². The van der Waals surface area contributed by atoms with Crippen molar-refractivity contribution in [2.24, 2.45) is 5.73 Å². The molecule has 0 saturated carbocycles. The molecule has 15 heavy (non-hydrogen) atoms. The predicted molar refractivity (Wildman–Crippen MR) is 56.7 cm³/mol. The van der Waals surface area contributed by atoms with Gasteiger partial charge in [0, 0.05) is 19.0 Å². The molecule has 3 N–H and O–H groups in total. The van der Waals surface area contributed by atoms with Crippen molar-refractivity contribution in [1.29, 1.82) is 0 Å². The third kappa shape index (κ3) is 7.29. The van der Waals surface area contributed by atoms with Gasteiger partial charge in [0.2, 0.25) is 10.0 Å². The van der Waals surface area contributed by atoms with Crippen molar-refractivity contribution in [2.75, 3.05) is 19.4 Å². The Morgan fingerprint density at radius 3 is 2.60 bits per heavy atom. The summed E-state index contributed by atoms with van der Waals surface area (Å²) in [6.45, 7) is 1.92. The van der Waals surface area contributed by atoms with Gasteiger partial charge in [-0.15, -0.1) is 0 Å². The van der Waals surface area contributed by atoms with Crippen LogP contribution >= 0.6 is 0 Å². The van der Waals surface area contributed by atoms with Gasteiger partial charge in [0.1, 0.15) is 0 Å². The second-order valence-corrected chi connectivity index (χ2v) is 5.13. The Hall–Kier alpha value is -0.660. The summed E-state index contributed by atoms with van der Waals surface area (Å²) < 4.78 is 29.5. The van der Waals surface area contributed by atoms with E-state index in [0.717, 1.165) is 0 Å². The molecule has 0 fully saturated rings. The van der Waals surface area contributed by atoms with Crippen LogP contribution in [0.3, 0.4) is 0 Å². The van der Waals surface area contributed by atoms with Gasteiger partial charge in [0.25, 0.3) is 0 Å². The molecule has 0 aliphatic rings. The summed E-state index contributed by atoms with van der Waals surface area (Å²) in [6.07, 6.45) is 0.355. The standard InChI is InChI=1S/C8H18N2O4S/c1-7(6-9)10-15(12,13)5-3-4-8(11)14-2/h7,10H,3-6,9H2,1-2H3. The SMILES string of the molecule is COC(=O)CCCS(=O)(=O)NC(C)CN. The molecule has 0 aromatic rings. The van der Waals surface area contributed by atoms with Crippen molar-refractivity contribution in [2.45, 2.75) is 25.8 Å². The Morgan fingerprint density at radius 1 is 1.53 bits per heavy atom. The first kappa shape index (κ1) is 14.3. The van der Waals surface area contributed by atoms with Gasteiger partial charge in [0.05, 0.1) is 12.9 Å². The van der Waals surface area contributed by atoms with Crippen molar-refractivity contribution >= 4 is 16.0 Å². The lowest BCUT2D eigenvalue weighted by Gasteiger charge is -2.11. The summed E-state index contributed by atoms with van der Waals surface area (Å²) in [5.41, 5.74) is 5.28. The minimum atomic E-state index is -3.33. The topological polar surface area (TPSA) is 98.5 Å². The van der Waals surface area contributed by atoms with Crippen LogP contribution in [-0.4, -0.2) is 39.8 Å². The lowest BCUT2D eigenvalue weighted by Crippen LogP contribution is -2.39. The van der Waals surface area contributed by atoms with Crippen LogP contribution in [0, 0.1) is 0 Å². The van der Waals surface area contributed by atoms with Gasteiger partial charge < -0.3 is 10.5 Å². The highest BCUT2D eigenvalue weighted by molar-refractivity contribution is 7.89. The molecule has 1 atom stereocenters. The first-order valence-corrected chi connectivity index (χ1v) is 6.33. The van der Waals surface area contributed by atoms with E-state index >= 15 is 0 Å². The summed E-state index contributed by atoms with van der Waals surface area (Å²) in [7, 11) is -2.07. The quantitative estimate of drug-likeness (QED) is 0.566. The summed E-state index contributed by atoms with van der Waals surface area (Å²) >= 11 is 0. The molecule has 0 aliphatic carbocycles. The van der Waals surface area contributed by atoms with Gasteiger partial charge in [0.15, 0.2) is 0 Å². The first-order chi connectivity index (χ1) is 6.91. The van der Waals surface area contributed by atoms with Crippen LogP contribution < -0.4 is 10.5 Å². The van der Waals surface area contributed by atoms with E-state index in [1.54, 1.807) is 6.92 Å². The van der Waals surface area contributed by atoms with E-state index in [1.807, 2.05) is 0 Å². The van der Waals surface area contributed by atoms with E-state index in [2.05, 4.69) is 9.46 Å². The number of methoxy groups -OCH3 is 1. The van der Waals surface area contributed by atoms with Crippen LogP contribution in [0.1, 0.15) is 19.8 Å². The maximum atomic E-state index is 11.4. The Kier molecular flexibility index (Phi) is 6.46. The molecule has 0 aliphatic heterocycles. The lowest BCUT2D eigenvalue weighted by atomic mass is 10.3. The fraction of sp³-hybridized carbons (Fsp3) is 0.875. The number of carbonyl (C=O) groups excluding carboxylic acids is 1. The second kappa shape index (κ2) is 6.76. The first-order valence-electron chi connectivity index (χ1n) is 4.68. The summed E-state index contributed by atoms with van der Waals surface area (Å²) in [6, 6.07) is -0.284. The number of nitrogens with two attached hydrogens (primary N) is 1. The monoisotopic (exact) mass is 238 g/mol. The third-order valence-corrected chi connectivity index (χ3v) is 3.34. The summed E-state index contributed by atoms with van der Waals surface area (Å²) in [5, 5.41) is 0. The van der Waals surface area contributed by atoms with Crippen LogP contribution in [0.15, 0.2) is 0 Å². The molecule has 7 heteroatoms. The van der Waals surface area contributed by atoms with Gasteiger partial charge in [-0.3, -0.25) is 4.79 Å². The minimum Gasteiger partial charge on any atom is -0.469 e. The predicted octanol–water partition coefficient (Wildman–Crippen LogP) is -0.794. The number of nitrogens with one attached hydrogen (secondary N) is 1. The number of sulfonamides is 1. The fourth-order valence-electron chi connectivity index (χ4n) is 0.922. The zero-order valence-corrected chi connectivity index (χ0v) is 9.84. The van der Waals surface area contributed by atoms with Crippen LogP contribution in [0.2, 0.25) is 0 Å². The van der Waals surface area contributed by atoms with E-state index in [4.69, 9.17) is 5.73 Å². The molecule has 90 valence electrons. The Bertz CT molecular complexity index is 289. The number of carbonyl (C=O) groups is 1. The highest BCUT2D eigenvalue weighted by atomic mass is 32.2. The molecule has 0 rings (SSSR count). The Labute approximate surface area is 90.2 Å². The van der Waals surface area contributed by atoms with Gasteiger partial charge >= 0.3 is 5.97 Å². The zero-order valence-electron chi connectivity index (χ0n) is 9.02. The molecule has 1 unspecified atom stereocenters. The highest BCUT2D eigenvalue weighted by Gasteiger charge is 2.13. The fourth-order valence-corrected chi connectivity index (χ4v) is 2.27. The van der Waals surface area contributed by atoms with Crippen molar-refractivity contribution in [3.63, 3.8) is 0 Å². The van der Waals surface area contributed by atoms with Crippen LogP contribution in [0.25, 0.3) is 0 Å². The largest absolute Gasteiger partial charge is 0.469 e.